The second kappa shape index (κ2) is 13.4. The molecule has 0 aliphatic carbocycles. The summed E-state index contributed by atoms with van der Waals surface area (Å²) in [5.41, 5.74) is -0.959. The van der Waals surface area contributed by atoms with Crippen LogP contribution < -0.4 is 16.0 Å². The Morgan fingerprint density at radius 3 is 2.40 bits per heavy atom. The quantitative estimate of drug-likeness (QED) is 0.302. The summed E-state index contributed by atoms with van der Waals surface area (Å²) in [6, 6.07) is 0.554. The van der Waals surface area contributed by atoms with E-state index in [-0.39, 0.29) is 46.4 Å². The smallest absolute Gasteiger partial charge is 0.412 e. The number of ether oxygens (including phenoxy) is 3. The number of amides is 3. The first kappa shape index (κ1) is 33.7. The van der Waals surface area contributed by atoms with Crippen molar-refractivity contribution in [2.45, 2.75) is 83.9 Å². The molecule has 2 unspecified atom stereocenters. The molecule has 3 aromatic rings. The number of halogens is 2. The van der Waals surface area contributed by atoms with Gasteiger partial charge in [-0.05, 0) is 60.5 Å². The fraction of sp³-hybridized carbons (Fsp3) is 0.517. The van der Waals surface area contributed by atoms with Crippen molar-refractivity contribution in [3.63, 3.8) is 0 Å². The molecule has 45 heavy (non-hydrogen) atoms. The summed E-state index contributed by atoms with van der Waals surface area (Å²) < 4.78 is 47.5. The lowest BCUT2D eigenvalue weighted by Gasteiger charge is -2.24. The van der Waals surface area contributed by atoms with Gasteiger partial charge >= 0.3 is 12.2 Å². The van der Waals surface area contributed by atoms with Crippen molar-refractivity contribution in [2.75, 3.05) is 17.2 Å². The number of rotatable bonds is 6. The lowest BCUT2D eigenvalue weighted by atomic mass is 10.0. The zero-order valence-corrected chi connectivity index (χ0v) is 26.9. The average molecular weight is 650 g/mol. The number of alkyl carbamates (subject to hydrolysis) is 1. The zero-order valence-electron chi connectivity index (χ0n) is 26.1. The Morgan fingerprint density at radius 2 is 1.73 bits per heavy atom. The summed E-state index contributed by atoms with van der Waals surface area (Å²) in [7, 11) is 1.64. The number of nitrogens with one attached hydrogen (secondary N) is 3. The van der Waals surface area contributed by atoms with Crippen LogP contribution in [0.5, 0.6) is 0 Å². The molecule has 3 amide bonds. The number of anilines is 2. The number of hydrogen-bond acceptors (Lipinski definition) is 10. The summed E-state index contributed by atoms with van der Waals surface area (Å²) in [6.07, 6.45) is 0.564. The van der Waals surface area contributed by atoms with Gasteiger partial charge < -0.3 is 24.8 Å². The second-order valence-corrected chi connectivity index (χ2v) is 13.4. The summed E-state index contributed by atoms with van der Waals surface area (Å²) in [5.74, 6) is -1.39. The maximum absolute atomic E-state index is 15.0. The lowest BCUT2D eigenvalue weighted by Crippen LogP contribution is -2.44. The molecule has 1 fully saturated rings. The molecular weight excluding hydrogens is 612 g/mol. The van der Waals surface area contributed by atoms with Gasteiger partial charge in [-0.2, -0.15) is 5.10 Å². The van der Waals surface area contributed by atoms with Gasteiger partial charge in [-0.1, -0.05) is 11.3 Å². The minimum Gasteiger partial charge on any atom is -0.444 e. The highest BCUT2D eigenvalue weighted by Gasteiger charge is 2.34. The predicted molar refractivity (Wildman–Crippen MR) is 162 cm³/mol. The third kappa shape index (κ3) is 8.94. The average Bonchev–Trinajstić information content (AvgIpc) is 3.43. The van der Waals surface area contributed by atoms with Crippen molar-refractivity contribution in [3.8, 4) is 10.6 Å². The van der Waals surface area contributed by atoms with Crippen LogP contribution in [0.4, 0.5) is 29.1 Å². The number of nitrogens with zero attached hydrogens (tertiary/aromatic N) is 4. The van der Waals surface area contributed by atoms with E-state index in [9.17, 15) is 18.8 Å². The number of carbonyl (C=O) groups excluding carboxylic acids is 3. The molecule has 0 aromatic carbocycles. The first-order valence-corrected chi connectivity index (χ1v) is 15.0. The Labute approximate surface area is 263 Å². The van der Waals surface area contributed by atoms with E-state index in [1.54, 1.807) is 48.6 Å². The molecule has 0 radical (unpaired) electrons. The summed E-state index contributed by atoms with van der Waals surface area (Å²) in [4.78, 5) is 46.6. The second-order valence-electron chi connectivity index (χ2n) is 12.4. The van der Waals surface area contributed by atoms with E-state index in [1.165, 1.54) is 23.1 Å². The summed E-state index contributed by atoms with van der Waals surface area (Å²) in [5, 5.41) is 12.3. The van der Waals surface area contributed by atoms with Crippen LogP contribution in [-0.2, 0) is 21.3 Å². The maximum atomic E-state index is 15.0. The van der Waals surface area contributed by atoms with Crippen LogP contribution in [0.3, 0.4) is 0 Å². The first-order valence-electron chi connectivity index (χ1n) is 14.2. The van der Waals surface area contributed by atoms with Crippen LogP contribution in [-0.4, -0.2) is 67.9 Å². The topological polar surface area (TPSA) is 159 Å². The minimum atomic E-state index is -1.50. The predicted octanol–water partition coefficient (Wildman–Crippen LogP) is 5.76. The molecule has 1 saturated heterocycles. The Hall–Kier alpha value is -4.18. The number of carbonyl (C=O) groups is 3. The molecule has 1 aliphatic rings. The van der Waals surface area contributed by atoms with Crippen LogP contribution in [0.1, 0.15) is 76.7 Å². The Bertz CT molecular complexity index is 1550. The van der Waals surface area contributed by atoms with Crippen molar-refractivity contribution in [3.05, 3.63) is 41.9 Å². The van der Waals surface area contributed by atoms with E-state index in [4.69, 9.17) is 14.2 Å². The monoisotopic (exact) mass is 649 g/mol. The molecule has 3 atom stereocenters. The Kier molecular flexibility index (Phi) is 10.1. The van der Waals surface area contributed by atoms with Gasteiger partial charge in [0, 0.05) is 18.8 Å². The van der Waals surface area contributed by atoms with Gasteiger partial charge in [0.15, 0.2) is 11.5 Å². The van der Waals surface area contributed by atoms with Crippen molar-refractivity contribution in [1.29, 1.82) is 0 Å². The molecule has 244 valence electrons. The van der Waals surface area contributed by atoms with Gasteiger partial charge in [-0.3, -0.25) is 19.8 Å². The lowest BCUT2D eigenvalue weighted by molar-refractivity contribution is 0.0202. The van der Waals surface area contributed by atoms with Crippen LogP contribution in [0.2, 0.25) is 0 Å². The van der Waals surface area contributed by atoms with Crippen molar-refractivity contribution in [1.82, 2.24) is 25.1 Å². The van der Waals surface area contributed by atoms with Gasteiger partial charge in [0.25, 0.3) is 5.91 Å². The molecule has 3 N–H and O–H groups in total. The molecular formula is C29H37F2N7O6S. The highest BCUT2D eigenvalue weighted by molar-refractivity contribution is 7.19. The van der Waals surface area contributed by atoms with Crippen LogP contribution in [0.25, 0.3) is 10.6 Å². The number of alkyl halides is 1. The molecule has 0 saturated carbocycles. The van der Waals surface area contributed by atoms with Crippen LogP contribution in [0, 0.1) is 5.82 Å². The first-order chi connectivity index (χ1) is 21.0. The summed E-state index contributed by atoms with van der Waals surface area (Å²) >= 11 is 0.885. The van der Waals surface area contributed by atoms with Crippen molar-refractivity contribution in [2.24, 2.45) is 7.05 Å². The molecule has 0 spiro atoms. The standard InChI is InChI=1S/C29H37F2N7O6S/c1-28(2,3)43-26(40)35-18-8-9-20(42-14-17(18)31)22-19(13-33-38(22)7)34-23(39)21-25(37-27(41)44-29(4,5)6)45-24(36-21)15-10-11-32-12-16(15)30/h10-13,17-18,20H,8-9,14H2,1-7H3,(H,34,39)(H,35,40)(H,37,41)/t17-,18?,20?/m0/s1. The fourth-order valence-electron chi connectivity index (χ4n) is 4.48. The minimum absolute atomic E-state index is 0.0282. The number of pyridine rings is 1. The zero-order chi connectivity index (χ0) is 33.1. The van der Waals surface area contributed by atoms with E-state index in [2.05, 4.69) is 31.0 Å². The van der Waals surface area contributed by atoms with Crippen molar-refractivity contribution >= 4 is 40.1 Å². The SMILES string of the molecule is Cn1ncc(NC(=O)c2nc(-c3ccncc3F)sc2NC(=O)OC(C)(C)C)c1C1CCC(NC(=O)OC(C)(C)C)[C@@H](F)CO1. The van der Waals surface area contributed by atoms with E-state index >= 15 is 4.39 Å². The van der Waals surface area contributed by atoms with E-state index in [0.717, 1.165) is 17.5 Å². The molecule has 16 heteroatoms. The highest BCUT2D eigenvalue weighted by Crippen LogP contribution is 2.36. The molecule has 1 aliphatic heterocycles. The van der Waals surface area contributed by atoms with E-state index in [1.807, 2.05) is 0 Å². The third-order valence-electron chi connectivity index (χ3n) is 6.33. The largest absolute Gasteiger partial charge is 0.444 e. The maximum Gasteiger partial charge on any atom is 0.412 e. The van der Waals surface area contributed by atoms with Gasteiger partial charge in [-0.25, -0.2) is 23.4 Å². The van der Waals surface area contributed by atoms with Gasteiger partial charge in [0.2, 0.25) is 0 Å². The number of thiazole rings is 1. The van der Waals surface area contributed by atoms with Gasteiger partial charge in [0.1, 0.15) is 33.5 Å². The van der Waals surface area contributed by atoms with Crippen molar-refractivity contribution < 1.29 is 37.4 Å². The van der Waals surface area contributed by atoms with E-state index in [0.29, 0.717) is 5.69 Å². The fourth-order valence-corrected chi connectivity index (χ4v) is 5.46. The van der Waals surface area contributed by atoms with Gasteiger partial charge in [-0.15, -0.1) is 0 Å². The third-order valence-corrected chi connectivity index (χ3v) is 7.34. The number of hydrogen-bond donors (Lipinski definition) is 3. The molecule has 0 bridgehead atoms. The number of aryl methyl sites for hydroxylation is 1. The molecule has 3 aromatic heterocycles. The molecule has 13 nitrogen and oxygen atoms in total. The molecule has 4 heterocycles. The Balaban J connectivity index is 1.56. The van der Waals surface area contributed by atoms with Crippen LogP contribution >= 0.6 is 11.3 Å². The Morgan fingerprint density at radius 1 is 1.04 bits per heavy atom. The summed E-state index contributed by atoms with van der Waals surface area (Å²) in [6.45, 7) is 9.88. The highest BCUT2D eigenvalue weighted by atomic mass is 32.1. The normalized spacial score (nSPS) is 18.9. The van der Waals surface area contributed by atoms with Gasteiger partial charge in [0.05, 0.1) is 36.4 Å². The van der Waals surface area contributed by atoms with E-state index < -0.39 is 53.4 Å². The number of aromatic nitrogens is 4. The van der Waals surface area contributed by atoms with Crippen LogP contribution in [0.15, 0.2) is 24.7 Å². The molecule has 4 rings (SSSR count).